The van der Waals surface area contributed by atoms with Crippen LogP contribution < -0.4 is 5.73 Å². The number of hydrogen-bond donors (Lipinski definition) is 1. The number of unbranched alkanes of at least 4 members (excludes halogenated alkanes) is 4. The maximum absolute atomic E-state index is 11.4. The number of carbonyl (C=O) groups is 1. The van der Waals surface area contributed by atoms with Crippen LogP contribution in [0.5, 0.6) is 0 Å². The Kier molecular flexibility index (Phi) is 8.95. The monoisotopic (exact) mass is 199 g/mol. The minimum atomic E-state index is 0.263. The summed E-state index contributed by atoms with van der Waals surface area (Å²) in [7, 11) is 0. The lowest BCUT2D eigenvalue weighted by Crippen LogP contribution is -2.09. The molecule has 0 aromatic heterocycles. The molecule has 2 heteroatoms. The smallest absolute Gasteiger partial charge is 0.135 e. The summed E-state index contributed by atoms with van der Waals surface area (Å²) in [4.78, 5) is 11.4. The lowest BCUT2D eigenvalue weighted by molar-refractivity contribution is -0.122. The summed E-state index contributed by atoms with van der Waals surface area (Å²) in [6, 6.07) is 0. The molecule has 0 heterocycles. The van der Waals surface area contributed by atoms with Gasteiger partial charge in [0.15, 0.2) is 0 Å². The Morgan fingerprint density at radius 1 is 1.14 bits per heavy atom. The highest BCUT2D eigenvalue weighted by atomic mass is 16.1. The van der Waals surface area contributed by atoms with Crippen molar-refractivity contribution in [2.45, 2.75) is 58.8 Å². The van der Waals surface area contributed by atoms with Crippen molar-refractivity contribution in [3.8, 4) is 0 Å². The van der Waals surface area contributed by atoms with Crippen LogP contribution in [0.3, 0.4) is 0 Å². The van der Waals surface area contributed by atoms with E-state index >= 15 is 0 Å². The molecule has 0 aromatic rings. The van der Waals surface area contributed by atoms with Gasteiger partial charge in [0.1, 0.15) is 5.78 Å². The molecule has 0 fully saturated rings. The highest BCUT2D eigenvalue weighted by molar-refractivity contribution is 5.80. The average molecular weight is 199 g/mol. The summed E-state index contributed by atoms with van der Waals surface area (Å²) in [6.45, 7) is 4.90. The third-order valence-corrected chi connectivity index (χ3v) is 2.79. The molecule has 0 bridgehead atoms. The summed E-state index contributed by atoms with van der Waals surface area (Å²) in [5, 5.41) is 0. The molecule has 0 saturated heterocycles. The van der Waals surface area contributed by atoms with E-state index in [0.717, 1.165) is 32.2 Å². The Labute approximate surface area is 88.3 Å². The summed E-state index contributed by atoms with van der Waals surface area (Å²) >= 11 is 0. The average Bonchev–Trinajstić information content (AvgIpc) is 2.21. The van der Waals surface area contributed by atoms with Gasteiger partial charge in [0.25, 0.3) is 0 Å². The van der Waals surface area contributed by atoms with E-state index in [1.165, 1.54) is 19.3 Å². The molecule has 2 N–H and O–H groups in total. The summed E-state index contributed by atoms with van der Waals surface area (Å²) < 4.78 is 0. The van der Waals surface area contributed by atoms with Gasteiger partial charge in [0.2, 0.25) is 0 Å². The third-order valence-electron chi connectivity index (χ3n) is 2.79. The minimum absolute atomic E-state index is 0.263. The van der Waals surface area contributed by atoms with Crippen molar-refractivity contribution in [2.24, 2.45) is 11.7 Å². The molecule has 84 valence electrons. The second kappa shape index (κ2) is 9.20. The Hall–Kier alpha value is -0.370. The van der Waals surface area contributed by atoms with Crippen LogP contribution in [0.2, 0.25) is 0 Å². The van der Waals surface area contributed by atoms with Gasteiger partial charge in [-0.2, -0.15) is 0 Å². The lowest BCUT2D eigenvalue weighted by Gasteiger charge is -2.06. The Balaban J connectivity index is 3.23. The standard InChI is InChI=1S/C12H25NO/c1-3-11(2)12(14)9-7-5-4-6-8-10-13/h11H,3-10,13H2,1-2H3. The van der Waals surface area contributed by atoms with Gasteiger partial charge in [-0.3, -0.25) is 4.79 Å². The summed E-state index contributed by atoms with van der Waals surface area (Å²) in [6.07, 6.45) is 7.57. The first-order chi connectivity index (χ1) is 6.72. The molecule has 0 radical (unpaired) electrons. The predicted octanol–water partition coefficient (Wildman–Crippen LogP) is 2.90. The fourth-order valence-electron chi connectivity index (χ4n) is 1.45. The predicted molar refractivity (Wildman–Crippen MR) is 61.2 cm³/mol. The van der Waals surface area contributed by atoms with E-state index in [4.69, 9.17) is 5.73 Å². The summed E-state index contributed by atoms with van der Waals surface area (Å²) in [5.74, 6) is 0.699. The van der Waals surface area contributed by atoms with Crippen molar-refractivity contribution in [3.05, 3.63) is 0 Å². The minimum Gasteiger partial charge on any atom is -0.330 e. The largest absolute Gasteiger partial charge is 0.330 e. The molecular weight excluding hydrogens is 174 g/mol. The molecule has 14 heavy (non-hydrogen) atoms. The Morgan fingerprint density at radius 2 is 1.71 bits per heavy atom. The van der Waals surface area contributed by atoms with Crippen LogP contribution in [-0.2, 0) is 4.79 Å². The molecular formula is C12H25NO. The van der Waals surface area contributed by atoms with Gasteiger partial charge in [-0.05, 0) is 25.8 Å². The molecule has 0 aliphatic rings. The number of carbonyl (C=O) groups excluding carboxylic acids is 1. The lowest BCUT2D eigenvalue weighted by atomic mass is 9.98. The van der Waals surface area contributed by atoms with E-state index in [9.17, 15) is 4.79 Å². The highest BCUT2D eigenvalue weighted by Gasteiger charge is 2.09. The van der Waals surface area contributed by atoms with Gasteiger partial charge in [-0.25, -0.2) is 0 Å². The Morgan fingerprint density at radius 3 is 2.29 bits per heavy atom. The molecule has 0 rings (SSSR count). The number of hydrogen-bond acceptors (Lipinski definition) is 2. The normalized spacial score (nSPS) is 12.8. The van der Waals surface area contributed by atoms with E-state index in [1.54, 1.807) is 0 Å². The van der Waals surface area contributed by atoms with Crippen molar-refractivity contribution in [3.63, 3.8) is 0 Å². The maximum Gasteiger partial charge on any atom is 0.135 e. The van der Waals surface area contributed by atoms with Gasteiger partial charge in [-0.1, -0.05) is 33.1 Å². The first kappa shape index (κ1) is 13.6. The molecule has 0 aliphatic heterocycles. The zero-order valence-electron chi connectivity index (χ0n) is 9.72. The van der Waals surface area contributed by atoms with Gasteiger partial charge in [-0.15, -0.1) is 0 Å². The van der Waals surface area contributed by atoms with Crippen molar-refractivity contribution >= 4 is 5.78 Å². The van der Waals surface area contributed by atoms with Gasteiger partial charge in [0, 0.05) is 12.3 Å². The molecule has 0 saturated carbocycles. The van der Waals surface area contributed by atoms with E-state index < -0.39 is 0 Å². The first-order valence-electron chi connectivity index (χ1n) is 5.95. The fraction of sp³-hybridized carbons (Fsp3) is 0.917. The van der Waals surface area contributed by atoms with E-state index in [0.29, 0.717) is 5.78 Å². The van der Waals surface area contributed by atoms with Gasteiger partial charge >= 0.3 is 0 Å². The van der Waals surface area contributed by atoms with Crippen LogP contribution in [0, 0.1) is 5.92 Å². The topological polar surface area (TPSA) is 43.1 Å². The van der Waals surface area contributed by atoms with Crippen molar-refractivity contribution in [2.75, 3.05) is 6.54 Å². The molecule has 0 aromatic carbocycles. The van der Waals surface area contributed by atoms with E-state index in [2.05, 4.69) is 6.92 Å². The number of nitrogens with two attached hydrogens (primary N) is 1. The second-order valence-electron chi connectivity index (χ2n) is 4.08. The van der Waals surface area contributed by atoms with Crippen LogP contribution in [-0.4, -0.2) is 12.3 Å². The molecule has 0 spiro atoms. The molecule has 0 aliphatic carbocycles. The van der Waals surface area contributed by atoms with Crippen LogP contribution >= 0.6 is 0 Å². The first-order valence-corrected chi connectivity index (χ1v) is 5.95. The zero-order chi connectivity index (χ0) is 10.8. The third kappa shape index (κ3) is 7.07. The van der Waals surface area contributed by atoms with E-state index in [-0.39, 0.29) is 5.92 Å². The molecule has 0 amide bonds. The fourth-order valence-corrected chi connectivity index (χ4v) is 1.45. The van der Waals surface area contributed by atoms with Crippen LogP contribution in [0.1, 0.15) is 58.8 Å². The van der Waals surface area contributed by atoms with Crippen molar-refractivity contribution in [1.29, 1.82) is 0 Å². The van der Waals surface area contributed by atoms with Gasteiger partial charge < -0.3 is 5.73 Å². The van der Waals surface area contributed by atoms with Gasteiger partial charge in [0.05, 0.1) is 0 Å². The Bertz CT molecular complexity index is 145. The maximum atomic E-state index is 11.4. The van der Waals surface area contributed by atoms with Crippen LogP contribution in [0.15, 0.2) is 0 Å². The number of rotatable bonds is 9. The summed E-state index contributed by atoms with van der Waals surface area (Å²) in [5.41, 5.74) is 5.40. The highest BCUT2D eigenvalue weighted by Crippen LogP contribution is 2.10. The number of ketones is 1. The SMILES string of the molecule is CCC(C)C(=O)CCCCCCCN. The molecule has 1 atom stereocenters. The quantitative estimate of drug-likeness (QED) is 0.580. The van der Waals surface area contributed by atoms with Crippen molar-refractivity contribution < 1.29 is 4.79 Å². The second-order valence-corrected chi connectivity index (χ2v) is 4.08. The number of Topliss-reactive ketones (excluding diaryl/α,β-unsaturated/α-hetero) is 1. The van der Waals surface area contributed by atoms with Crippen molar-refractivity contribution in [1.82, 2.24) is 0 Å². The van der Waals surface area contributed by atoms with E-state index in [1.807, 2.05) is 6.92 Å². The molecule has 2 nitrogen and oxygen atoms in total. The van der Waals surface area contributed by atoms with Crippen LogP contribution in [0.25, 0.3) is 0 Å². The zero-order valence-corrected chi connectivity index (χ0v) is 9.72. The molecule has 1 unspecified atom stereocenters. The van der Waals surface area contributed by atoms with Crippen LogP contribution in [0.4, 0.5) is 0 Å².